The normalized spacial score (nSPS) is 19.6. The van der Waals surface area contributed by atoms with Crippen molar-refractivity contribution in [2.75, 3.05) is 38.6 Å². The van der Waals surface area contributed by atoms with Crippen LogP contribution in [0.5, 0.6) is 0 Å². The molecule has 1 fully saturated rings. The van der Waals surface area contributed by atoms with Gasteiger partial charge >= 0.3 is 0 Å². The van der Waals surface area contributed by atoms with Gasteiger partial charge in [0.25, 0.3) is 0 Å². The molecule has 0 spiro atoms. The Bertz CT molecular complexity index is 447. The van der Waals surface area contributed by atoms with Crippen LogP contribution in [-0.4, -0.2) is 39.7 Å². The lowest BCUT2D eigenvalue weighted by atomic mass is 10.1. The lowest BCUT2D eigenvalue weighted by molar-refractivity contribution is 0.568. The van der Waals surface area contributed by atoms with E-state index in [4.69, 9.17) is 0 Å². The molecule has 1 aliphatic heterocycles. The second-order valence-electron chi connectivity index (χ2n) is 4.78. The van der Waals surface area contributed by atoms with Crippen LogP contribution in [0, 0.1) is 5.92 Å². The van der Waals surface area contributed by atoms with E-state index in [2.05, 4.69) is 60.7 Å². The van der Waals surface area contributed by atoms with Crippen LogP contribution in [-0.2, 0) is 0 Å². The molecule has 1 aliphatic rings. The predicted molar refractivity (Wildman–Crippen MR) is 84.9 cm³/mol. The third-order valence-electron chi connectivity index (χ3n) is 3.48. The summed E-state index contributed by atoms with van der Waals surface area (Å²) >= 11 is 3.53. The molecular formula is C14H21BrN4. The van der Waals surface area contributed by atoms with Crippen molar-refractivity contribution in [3.63, 3.8) is 0 Å². The Balaban J connectivity index is 1.86. The monoisotopic (exact) mass is 324 g/mol. The average Bonchev–Trinajstić information content (AvgIpc) is 2.89. The molecule has 0 bridgehead atoms. The second-order valence-corrected chi connectivity index (χ2v) is 5.70. The van der Waals surface area contributed by atoms with Crippen LogP contribution >= 0.6 is 15.9 Å². The molecule has 0 saturated carbocycles. The van der Waals surface area contributed by atoms with E-state index in [1.54, 1.807) is 7.05 Å². The molecule has 4 nitrogen and oxygen atoms in total. The molecule has 2 rings (SSSR count). The molecule has 1 heterocycles. The van der Waals surface area contributed by atoms with E-state index in [-0.39, 0.29) is 0 Å². The number of hydrogen-bond acceptors (Lipinski definition) is 2. The van der Waals surface area contributed by atoms with Gasteiger partial charge in [-0.1, -0.05) is 22.0 Å². The third kappa shape index (κ3) is 3.86. The summed E-state index contributed by atoms with van der Waals surface area (Å²) in [6.07, 6.45) is 1.22. The minimum Gasteiger partial charge on any atom is -0.371 e. The number of aliphatic imine (C=N–C) groups is 1. The second kappa shape index (κ2) is 6.80. The molecule has 104 valence electrons. The molecule has 0 amide bonds. The first-order chi connectivity index (χ1) is 9.22. The molecule has 0 aliphatic carbocycles. The Morgan fingerprint density at radius 1 is 1.53 bits per heavy atom. The van der Waals surface area contributed by atoms with Gasteiger partial charge in [0, 0.05) is 43.9 Å². The Kier molecular flexibility index (Phi) is 5.07. The smallest absolute Gasteiger partial charge is 0.190 e. The van der Waals surface area contributed by atoms with Crippen LogP contribution in [0.2, 0.25) is 0 Å². The van der Waals surface area contributed by atoms with Gasteiger partial charge in [-0.3, -0.25) is 4.99 Å². The van der Waals surface area contributed by atoms with Crippen molar-refractivity contribution in [2.45, 2.75) is 6.42 Å². The zero-order valence-corrected chi connectivity index (χ0v) is 13.1. The van der Waals surface area contributed by atoms with Gasteiger partial charge in [-0.2, -0.15) is 0 Å². The highest BCUT2D eigenvalue weighted by atomic mass is 79.9. The Labute approximate surface area is 123 Å². The first kappa shape index (κ1) is 14.2. The van der Waals surface area contributed by atoms with Crippen molar-refractivity contribution < 1.29 is 0 Å². The summed E-state index contributed by atoms with van der Waals surface area (Å²) in [5.41, 5.74) is 1.30. The average molecular weight is 325 g/mol. The van der Waals surface area contributed by atoms with Gasteiger partial charge in [0.15, 0.2) is 5.96 Å². The summed E-state index contributed by atoms with van der Waals surface area (Å²) in [7, 11) is 3.68. The topological polar surface area (TPSA) is 39.7 Å². The Morgan fingerprint density at radius 2 is 2.37 bits per heavy atom. The van der Waals surface area contributed by atoms with Gasteiger partial charge in [-0.15, -0.1) is 0 Å². The van der Waals surface area contributed by atoms with E-state index in [9.17, 15) is 0 Å². The van der Waals surface area contributed by atoms with Crippen molar-refractivity contribution in [3.05, 3.63) is 28.7 Å². The molecule has 1 aromatic rings. The third-order valence-corrected chi connectivity index (χ3v) is 3.97. The van der Waals surface area contributed by atoms with Crippen LogP contribution in [0.25, 0.3) is 0 Å². The molecule has 1 saturated heterocycles. The van der Waals surface area contributed by atoms with E-state index >= 15 is 0 Å². The molecule has 2 N–H and O–H groups in total. The van der Waals surface area contributed by atoms with Gasteiger partial charge in [-0.25, -0.2) is 0 Å². The summed E-state index contributed by atoms with van der Waals surface area (Å²) in [5.74, 6) is 1.53. The number of benzene rings is 1. The lowest BCUT2D eigenvalue weighted by Gasteiger charge is -2.19. The fraction of sp³-hybridized carbons (Fsp3) is 0.500. The van der Waals surface area contributed by atoms with Crippen molar-refractivity contribution in [1.29, 1.82) is 0 Å². The summed E-state index contributed by atoms with van der Waals surface area (Å²) in [4.78, 5) is 6.57. The van der Waals surface area contributed by atoms with Crippen molar-refractivity contribution >= 4 is 27.6 Å². The molecule has 0 aromatic heterocycles. The molecular weight excluding hydrogens is 304 g/mol. The van der Waals surface area contributed by atoms with E-state index in [1.165, 1.54) is 12.1 Å². The quantitative estimate of drug-likeness (QED) is 0.660. The molecule has 19 heavy (non-hydrogen) atoms. The fourth-order valence-electron chi connectivity index (χ4n) is 2.43. The highest BCUT2D eigenvalue weighted by Gasteiger charge is 2.22. The van der Waals surface area contributed by atoms with Crippen LogP contribution in [0.4, 0.5) is 5.69 Å². The number of halogens is 1. The summed E-state index contributed by atoms with van der Waals surface area (Å²) in [5, 5.41) is 6.39. The summed E-state index contributed by atoms with van der Waals surface area (Å²) < 4.78 is 1.14. The fourth-order valence-corrected chi connectivity index (χ4v) is 2.81. The maximum absolute atomic E-state index is 4.13. The molecule has 5 heteroatoms. The summed E-state index contributed by atoms with van der Waals surface area (Å²) in [6.45, 7) is 3.20. The molecule has 0 radical (unpaired) electrons. The first-order valence-corrected chi connectivity index (χ1v) is 7.41. The van der Waals surface area contributed by atoms with E-state index in [0.717, 1.165) is 30.1 Å². The van der Waals surface area contributed by atoms with E-state index in [1.807, 2.05) is 7.05 Å². The largest absolute Gasteiger partial charge is 0.371 e. The van der Waals surface area contributed by atoms with Gasteiger partial charge < -0.3 is 15.5 Å². The molecule has 1 atom stereocenters. The molecule has 1 unspecified atom stereocenters. The maximum Gasteiger partial charge on any atom is 0.190 e. The minimum absolute atomic E-state index is 0.670. The van der Waals surface area contributed by atoms with Crippen LogP contribution in [0.15, 0.2) is 33.7 Å². The highest BCUT2D eigenvalue weighted by molar-refractivity contribution is 9.10. The van der Waals surface area contributed by atoms with Crippen molar-refractivity contribution in [2.24, 2.45) is 10.9 Å². The highest BCUT2D eigenvalue weighted by Crippen LogP contribution is 2.25. The van der Waals surface area contributed by atoms with Gasteiger partial charge in [-0.05, 0) is 30.5 Å². The zero-order chi connectivity index (χ0) is 13.7. The zero-order valence-electron chi connectivity index (χ0n) is 11.5. The minimum atomic E-state index is 0.670. The van der Waals surface area contributed by atoms with Crippen LogP contribution < -0.4 is 15.5 Å². The predicted octanol–water partition coefficient (Wildman–Crippen LogP) is 2.07. The first-order valence-electron chi connectivity index (χ1n) is 6.62. The van der Waals surface area contributed by atoms with E-state index in [0.29, 0.717) is 5.92 Å². The lowest BCUT2D eigenvalue weighted by Crippen LogP contribution is -2.38. The number of rotatable bonds is 3. The Hall–Kier alpha value is -1.23. The standard InChI is InChI=1S/C14H21BrN4/c1-16-14(17-2)18-9-11-6-7-19(10-11)13-5-3-4-12(15)8-13/h3-5,8,11H,6-7,9-10H2,1-2H3,(H2,16,17,18). The Morgan fingerprint density at radius 3 is 3.05 bits per heavy atom. The molecule has 1 aromatic carbocycles. The number of nitrogens with one attached hydrogen (secondary N) is 2. The summed E-state index contributed by atoms with van der Waals surface area (Å²) in [6, 6.07) is 8.51. The van der Waals surface area contributed by atoms with Crippen molar-refractivity contribution in [1.82, 2.24) is 10.6 Å². The SMILES string of the molecule is CN=C(NC)NCC1CCN(c2cccc(Br)c2)C1. The number of anilines is 1. The van der Waals surface area contributed by atoms with Crippen LogP contribution in [0.1, 0.15) is 6.42 Å². The van der Waals surface area contributed by atoms with Gasteiger partial charge in [0.1, 0.15) is 0 Å². The van der Waals surface area contributed by atoms with Crippen molar-refractivity contribution in [3.8, 4) is 0 Å². The van der Waals surface area contributed by atoms with Gasteiger partial charge in [0.05, 0.1) is 0 Å². The number of nitrogens with zero attached hydrogens (tertiary/aromatic N) is 2. The maximum atomic E-state index is 4.13. The number of guanidine groups is 1. The number of hydrogen-bond donors (Lipinski definition) is 2. The van der Waals surface area contributed by atoms with Crippen LogP contribution in [0.3, 0.4) is 0 Å². The van der Waals surface area contributed by atoms with E-state index < -0.39 is 0 Å². The van der Waals surface area contributed by atoms with Gasteiger partial charge in [0.2, 0.25) is 0 Å².